The molecule has 0 bridgehead atoms. The van der Waals surface area contributed by atoms with Gasteiger partial charge in [0.25, 0.3) is 0 Å². The Labute approximate surface area is 108 Å². The van der Waals surface area contributed by atoms with Gasteiger partial charge < -0.3 is 11.1 Å². The van der Waals surface area contributed by atoms with E-state index in [2.05, 4.69) is 15.3 Å². The molecule has 0 atom stereocenters. The van der Waals surface area contributed by atoms with Crippen LogP contribution in [-0.4, -0.2) is 21.4 Å². The maximum Gasteiger partial charge on any atom is 0.243 e. The smallest absolute Gasteiger partial charge is 0.243 e. The Hall–Kier alpha value is -1.88. The number of benzene rings is 1. The van der Waals surface area contributed by atoms with Crippen LogP contribution in [0.2, 0.25) is 5.02 Å². The van der Waals surface area contributed by atoms with E-state index in [0.29, 0.717) is 11.0 Å². The zero-order valence-electron chi connectivity index (χ0n) is 9.48. The van der Waals surface area contributed by atoms with Gasteiger partial charge in [0.2, 0.25) is 11.9 Å². The Morgan fingerprint density at radius 1 is 1.44 bits per heavy atom. The number of halogens is 1. The lowest BCUT2D eigenvalue weighted by atomic mass is 10.2. The molecule has 1 fully saturated rings. The first-order valence-electron chi connectivity index (χ1n) is 5.59. The summed E-state index contributed by atoms with van der Waals surface area (Å²) >= 11 is 5.91. The van der Waals surface area contributed by atoms with E-state index in [1.54, 1.807) is 18.3 Å². The quantitative estimate of drug-likeness (QED) is 0.882. The number of hydrogen-bond acceptors (Lipinski definition) is 4. The number of anilines is 1. The fraction of sp³-hybridized carbons (Fsp3) is 0.250. The van der Waals surface area contributed by atoms with E-state index in [-0.39, 0.29) is 5.91 Å². The number of fused-ring (bicyclic) bond motifs is 1. The summed E-state index contributed by atoms with van der Waals surface area (Å²) in [6, 6.07) is 5.39. The largest absolute Gasteiger partial charge is 0.368 e. The van der Waals surface area contributed by atoms with Crippen LogP contribution in [-0.2, 0) is 4.79 Å². The number of nitrogens with zero attached hydrogens (tertiary/aromatic N) is 2. The van der Waals surface area contributed by atoms with Crippen molar-refractivity contribution in [3.05, 3.63) is 29.4 Å². The van der Waals surface area contributed by atoms with Crippen molar-refractivity contribution in [2.75, 3.05) is 5.32 Å². The normalized spacial score (nSPS) is 16.5. The number of primary amides is 1. The minimum atomic E-state index is -0.660. The van der Waals surface area contributed by atoms with Crippen molar-refractivity contribution < 1.29 is 4.79 Å². The molecule has 0 aliphatic heterocycles. The second kappa shape index (κ2) is 3.81. The molecule has 3 rings (SSSR count). The fourth-order valence-corrected chi connectivity index (χ4v) is 2.00. The van der Waals surface area contributed by atoms with Gasteiger partial charge in [0, 0.05) is 16.6 Å². The molecule has 0 saturated heterocycles. The summed E-state index contributed by atoms with van der Waals surface area (Å²) in [7, 11) is 0. The molecule has 1 aliphatic carbocycles. The first-order valence-corrected chi connectivity index (χ1v) is 5.97. The maximum atomic E-state index is 11.3. The Morgan fingerprint density at radius 2 is 2.22 bits per heavy atom. The summed E-state index contributed by atoms with van der Waals surface area (Å²) in [4.78, 5) is 19.8. The highest BCUT2D eigenvalue weighted by atomic mass is 35.5. The number of amides is 1. The monoisotopic (exact) mass is 262 g/mol. The molecular formula is C12H11ClN4O. The molecule has 1 heterocycles. The SMILES string of the molecule is NC(=O)C1(Nc2ncc3ccc(Cl)cc3n2)CC1. The number of nitrogens with one attached hydrogen (secondary N) is 1. The fourth-order valence-electron chi connectivity index (χ4n) is 1.83. The predicted octanol–water partition coefficient (Wildman–Crippen LogP) is 1.71. The van der Waals surface area contributed by atoms with Crippen LogP contribution < -0.4 is 11.1 Å². The molecule has 6 heteroatoms. The van der Waals surface area contributed by atoms with Gasteiger partial charge in [-0.1, -0.05) is 11.6 Å². The minimum absolute atomic E-state index is 0.364. The molecule has 1 aliphatic rings. The topological polar surface area (TPSA) is 80.9 Å². The van der Waals surface area contributed by atoms with Crippen LogP contribution in [0.1, 0.15) is 12.8 Å². The standard InChI is InChI=1S/C12H11ClN4O/c13-8-2-1-7-6-15-11(16-9(7)5-8)17-12(3-4-12)10(14)18/h1-2,5-6H,3-4H2,(H2,14,18)(H,15,16,17). The summed E-state index contributed by atoms with van der Waals surface area (Å²) in [6.07, 6.45) is 3.14. The van der Waals surface area contributed by atoms with Gasteiger partial charge in [-0.25, -0.2) is 9.97 Å². The number of carbonyl (C=O) groups excluding carboxylic acids is 1. The van der Waals surface area contributed by atoms with Crippen LogP contribution >= 0.6 is 11.6 Å². The Bertz CT molecular complexity index is 639. The summed E-state index contributed by atoms with van der Waals surface area (Å²) < 4.78 is 0. The molecule has 0 spiro atoms. The number of rotatable bonds is 3. The number of carbonyl (C=O) groups is 1. The Balaban J connectivity index is 1.96. The average Bonchev–Trinajstić information content (AvgIpc) is 3.09. The van der Waals surface area contributed by atoms with Crippen molar-refractivity contribution in [2.24, 2.45) is 5.73 Å². The molecule has 5 nitrogen and oxygen atoms in total. The molecule has 1 aromatic heterocycles. The molecule has 1 aromatic carbocycles. The van der Waals surface area contributed by atoms with Gasteiger partial charge in [-0.3, -0.25) is 4.79 Å². The summed E-state index contributed by atoms with van der Waals surface area (Å²) in [6.45, 7) is 0. The first-order chi connectivity index (χ1) is 8.59. The van der Waals surface area contributed by atoms with Crippen molar-refractivity contribution in [2.45, 2.75) is 18.4 Å². The minimum Gasteiger partial charge on any atom is -0.368 e. The van der Waals surface area contributed by atoms with Gasteiger partial charge in [0.15, 0.2) is 0 Å². The highest BCUT2D eigenvalue weighted by Crippen LogP contribution is 2.37. The van der Waals surface area contributed by atoms with E-state index in [0.717, 1.165) is 23.7 Å². The lowest BCUT2D eigenvalue weighted by Crippen LogP contribution is -2.38. The van der Waals surface area contributed by atoms with Crippen LogP contribution in [0.25, 0.3) is 10.9 Å². The van der Waals surface area contributed by atoms with Crippen molar-refractivity contribution in [1.29, 1.82) is 0 Å². The molecule has 1 amide bonds. The van der Waals surface area contributed by atoms with Crippen LogP contribution in [0.4, 0.5) is 5.95 Å². The van der Waals surface area contributed by atoms with Crippen LogP contribution in [0, 0.1) is 0 Å². The molecule has 92 valence electrons. The lowest BCUT2D eigenvalue weighted by molar-refractivity contribution is -0.119. The summed E-state index contributed by atoms with van der Waals surface area (Å²) in [5.74, 6) is 0.0401. The number of aromatic nitrogens is 2. The van der Waals surface area contributed by atoms with E-state index in [9.17, 15) is 4.79 Å². The maximum absolute atomic E-state index is 11.3. The Kier molecular flexibility index (Phi) is 2.38. The molecule has 3 N–H and O–H groups in total. The molecule has 18 heavy (non-hydrogen) atoms. The molecule has 1 saturated carbocycles. The first kappa shape index (κ1) is 11.2. The van der Waals surface area contributed by atoms with Crippen molar-refractivity contribution in [3.8, 4) is 0 Å². The average molecular weight is 263 g/mol. The van der Waals surface area contributed by atoms with Gasteiger partial charge in [0.05, 0.1) is 5.52 Å². The van der Waals surface area contributed by atoms with E-state index in [4.69, 9.17) is 17.3 Å². The van der Waals surface area contributed by atoms with E-state index < -0.39 is 5.54 Å². The van der Waals surface area contributed by atoms with Gasteiger partial charge in [-0.05, 0) is 31.0 Å². The van der Waals surface area contributed by atoms with Crippen LogP contribution in [0.5, 0.6) is 0 Å². The number of hydrogen-bond donors (Lipinski definition) is 2. The van der Waals surface area contributed by atoms with Crippen LogP contribution in [0.15, 0.2) is 24.4 Å². The van der Waals surface area contributed by atoms with Crippen molar-refractivity contribution >= 4 is 34.4 Å². The molecule has 0 radical (unpaired) electrons. The van der Waals surface area contributed by atoms with Gasteiger partial charge in [-0.2, -0.15) is 0 Å². The highest BCUT2D eigenvalue weighted by molar-refractivity contribution is 6.31. The summed E-state index contributed by atoms with van der Waals surface area (Å²) in [5, 5.41) is 4.51. The van der Waals surface area contributed by atoms with Gasteiger partial charge in [0.1, 0.15) is 5.54 Å². The third kappa shape index (κ3) is 1.86. The highest BCUT2D eigenvalue weighted by Gasteiger charge is 2.49. The van der Waals surface area contributed by atoms with Gasteiger partial charge in [-0.15, -0.1) is 0 Å². The van der Waals surface area contributed by atoms with Crippen molar-refractivity contribution in [1.82, 2.24) is 9.97 Å². The molecule has 0 unspecified atom stereocenters. The Morgan fingerprint density at radius 3 is 2.89 bits per heavy atom. The van der Waals surface area contributed by atoms with E-state index >= 15 is 0 Å². The molecule has 2 aromatic rings. The molecular weight excluding hydrogens is 252 g/mol. The second-order valence-corrected chi connectivity index (χ2v) is 4.90. The zero-order valence-corrected chi connectivity index (χ0v) is 10.2. The third-order valence-electron chi connectivity index (χ3n) is 3.12. The third-order valence-corrected chi connectivity index (χ3v) is 3.35. The zero-order chi connectivity index (χ0) is 12.8. The predicted molar refractivity (Wildman–Crippen MR) is 69.3 cm³/mol. The lowest BCUT2D eigenvalue weighted by Gasteiger charge is -2.13. The van der Waals surface area contributed by atoms with Crippen LogP contribution in [0.3, 0.4) is 0 Å². The number of nitrogens with two attached hydrogens (primary N) is 1. The van der Waals surface area contributed by atoms with E-state index in [1.165, 1.54) is 0 Å². The summed E-state index contributed by atoms with van der Waals surface area (Å²) in [5.41, 5.74) is 5.42. The van der Waals surface area contributed by atoms with Gasteiger partial charge >= 0.3 is 0 Å². The van der Waals surface area contributed by atoms with E-state index in [1.807, 2.05) is 6.07 Å². The second-order valence-electron chi connectivity index (χ2n) is 4.47. The van der Waals surface area contributed by atoms with Crippen molar-refractivity contribution in [3.63, 3.8) is 0 Å².